The van der Waals surface area contributed by atoms with E-state index in [1.165, 1.54) is 24.3 Å². The minimum absolute atomic E-state index is 0.0890. The molecule has 0 nitrogen and oxygen atoms in total. The van der Waals surface area contributed by atoms with Crippen molar-refractivity contribution in [3.8, 4) is 23.0 Å². The lowest BCUT2D eigenvalue weighted by molar-refractivity contribution is -0.142. The standard InChI is InChI=1S/C27H20F6/c1-2-16-3-5-17(6-4-16)7-8-18-9-11-21(23(28)13-18)19-10-12-22-20(14-19)15-24(29)25(26(22)30)27(31,32)33/h2,9-17H,1,3-6H2. The maximum atomic E-state index is 14.8. The Balaban J connectivity index is 1.61. The zero-order valence-electron chi connectivity index (χ0n) is 17.6. The SMILES string of the molecule is C=CC1CCC(C#Cc2ccc(-c3ccc4c(F)c(C(F)(F)F)c(F)cc4c3)c(F)c2)CC1. The summed E-state index contributed by atoms with van der Waals surface area (Å²) in [6.07, 6.45) is 0.861. The van der Waals surface area contributed by atoms with Gasteiger partial charge in [-0.15, -0.1) is 6.58 Å². The minimum atomic E-state index is -5.16. The van der Waals surface area contributed by atoms with Crippen LogP contribution in [0.2, 0.25) is 0 Å². The van der Waals surface area contributed by atoms with Crippen LogP contribution >= 0.6 is 0 Å². The molecule has 0 aromatic heterocycles. The van der Waals surface area contributed by atoms with Gasteiger partial charge in [-0.3, -0.25) is 0 Å². The molecule has 0 spiro atoms. The maximum Gasteiger partial charge on any atom is 0.422 e. The Morgan fingerprint density at radius 2 is 1.61 bits per heavy atom. The van der Waals surface area contributed by atoms with Gasteiger partial charge in [-0.1, -0.05) is 36.1 Å². The molecule has 33 heavy (non-hydrogen) atoms. The average molecular weight is 458 g/mol. The second-order valence-corrected chi connectivity index (χ2v) is 8.29. The molecule has 0 heterocycles. The molecule has 3 aromatic carbocycles. The molecule has 1 aliphatic carbocycles. The van der Waals surface area contributed by atoms with Crippen LogP contribution in [0.5, 0.6) is 0 Å². The van der Waals surface area contributed by atoms with E-state index in [1.807, 2.05) is 6.08 Å². The molecule has 0 unspecified atom stereocenters. The van der Waals surface area contributed by atoms with Crippen molar-refractivity contribution in [1.82, 2.24) is 0 Å². The van der Waals surface area contributed by atoms with Gasteiger partial charge in [-0.2, -0.15) is 13.2 Å². The molecule has 1 saturated carbocycles. The number of benzene rings is 3. The number of halogens is 6. The molecule has 0 atom stereocenters. The Labute approximate surface area is 187 Å². The van der Waals surface area contributed by atoms with Crippen LogP contribution in [0.3, 0.4) is 0 Å². The predicted octanol–water partition coefficient (Wildman–Crippen LogP) is 8.29. The summed E-state index contributed by atoms with van der Waals surface area (Å²) in [5.41, 5.74) is -0.972. The fourth-order valence-electron chi connectivity index (χ4n) is 4.27. The van der Waals surface area contributed by atoms with Crippen LogP contribution in [0.4, 0.5) is 26.3 Å². The fourth-order valence-corrected chi connectivity index (χ4v) is 4.27. The van der Waals surface area contributed by atoms with Crippen molar-refractivity contribution in [2.24, 2.45) is 11.8 Å². The van der Waals surface area contributed by atoms with Crippen LogP contribution in [-0.2, 0) is 6.18 Å². The van der Waals surface area contributed by atoms with Gasteiger partial charge in [0.1, 0.15) is 23.0 Å². The van der Waals surface area contributed by atoms with Gasteiger partial charge >= 0.3 is 6.18 Å². The normalized spacial score (nSPS) is 18.6. The Morgan fingerprint density at radius 3 is 2.24 bits per heavy atom. The van der Waals surface area contributed by atoms with E-state index in [9.17, 15) is 26.3 Å². The van der Waals surface area contributed by atoms with E-state index in [4.69, 9.17) is 0 Å². The molecule has 6 heteroatoms. The number of fused-ring (bicyclic) bond motifs is 1. The lowest BCUT2D eigenvalue weighted by Crippen LogP contribution is -2.11. The van der Waals surface area contributed by atoms with Crippen molar-refractivity contribution in [3.05, 3.63) is 83.7 Å². The van der Waals surface area contributed by atoms with Crippen LogP contribution in [-0.4, -0.2) is 0 Å². The number of alkyl halides is 3. The lowest BCUT2D eigenvalue weighted by atomic mass is 9.82. The predicted molar refractivity (Wildman–Crippen MR) is 117 cm³/mol. The smallest absolute Gasteiger partial charge is 0.206 e. The second kappa shape index (κ2) is 8.97. The first-order valence-electron chi connectivity index (χ1n) is 10.6. The molecule has 1 fully saturated rings. The van der Waals surface area contributed by atoms with E-state index in [1.54, 1.807) is 6.07 Å². The molecular formula is C27H20F6. The minimum Gasteiger partial charge on any atom is -0.206 e. The van der Waals surface area contributed by atoms with Gasteiger partial charge in [-0.05, 0) is 66.8 Å². The van der Waals surface area contributed by atoms with E-state index in [2.05, 4.69) is 18.4 Å². The lowest BCUT2D eigenvalue weighted by Gasteiger charge is -2.22. The topological polar surface area (TPSA) is 0 Å². The van der Waals surface area contributed by atoms with Gasteiger partial charge in [0.05, 0.1) is 0 Å². The Bertz CT molecular complexity index is 1270. The molecule has 0 bridgehead atoms. The van der Waals surface area contributed by atoms with Gasteiger partial charge in [-0.25, -0.2) is 13.2 Å². The number of rotatable bonds is 2. The molecule has 170 valence electrons. The van der Waals surface area contributed by atoms with Crippen LogP contribution < -0.4 is 0 Å². The third-order valence-electron chi connectivity index (χ3n) is 6.12. The van der Waals surface area contributed by atoms with E-state index < -0.39 is 29.2 Å². The first-order chi connectivity index (χ1) is 15.7. The number of hydrogen-bond donors (Lipinski definition) is 0. The van der Waals surface area contributed by atoms with Crippen molar-refractivity contribution in [1.29, 1.82) is 0 Å². The first kappa shape index (κ1) is 23.0. The zero-order chi connectivity index (χ0) is 23.8. The maximum absolute atomic E-state index is 14.8. The van der Waals surface area contributed by atoms with E-state index in [-0.39, 0.29) is 22.3 Å². The van der Waals surface area contributed by atoms with Crippen molar-refractivity contribution in [3.63, 3.8) is 0 Å². The summed E-state index contributed by atoms with van der Waals surface area (Å²) in [6, 6.07) is 8.74. The summed E-state index contributed by atoms with van der Waals surface area (Å²) in [7, 11) is 0. The molecule has 0 N–H and O–H groups in total. The van der Waals surface area contributed by atoms with E-state index in [0.29, 0.717) is 23.1 Å². The quantitative estimate of drug-likeness (QED) is 0.206. The monoisotopic (exact) mass is 458 g/mol. The number of hydrogen-bond acceptors (Lipinski definition) is 0. The van der Waals surface area contributed by atoms with E-state index >= 15 is 0 Å². The van der Waals surface area contributed by atoms with Gasteiger partial charge < -0.3 is 0 Å². The second-order valence-electron chi connectivity index (χ2n) is 8.29. The summed E-state index contributed by atoms with van der Waals surface area (Å²) >= 11 is 0. The average Bonchev–Trinajstić information content (AvgIpc) is 2.76. The first-order valence-corrected chi connectivity index (χ1v) is 10.6. The van der Waals surface area contributed by atoms with E-state index in [0.717, 1.165) is 31.7 Å². The van der Waals surface area contributed by atoms with Gasteiger partial charge in [0.2, 0.25) is 0 Å². The van der Waals surface area contributed by atoms with Crippen molar-refractivity contribution in [2.75, 3.05) is 0 Å². The number of allylic oxidation sites excluding steroid dienone is 1. The fraction of sp³-hybridized carbons (Fsp3) is 0.259. The van der Waals surface area contributed by atoms with Crippen molar-refractivity contribution >= 4 is 10.8 Å². The van der Waals surface area contributed by atoms with Crippen molar-refractivity contribution < 1.29 is 26.3 Å². The third-order valence-corrected chi connectivity index (χ3v) is 6.12. The third kappa shape index (κ3) is 4.78. The summed E-state index contributed by atoms with van der Waals surface area (Å²) < 4.78 is 81.9. The summed E-state index contributed by atoms with van der Waals surface area (Å²) in [6.45, 7) is 3.82. The summed E-state index contributed by atoms with van der Waals surface area (Å²) in [5.74, 6) is 3.03. The summed E-state index contributed by atoms with van der Waals surface area (Å²) in [5, 5.41) is -0.476. The molecule has 0 amide bonds. The van der Waals surface area contributed by atoms with Crippen molar-refractivity contribution in [2.45, 2.75) is 31.9 Å². The molecule has 4 rings (SSSR count). The highest BCUT2D eigenvalue weighted by molar-refractivity contribution is 5.88. The summed E-state index contributed by atoms with van der Waals surface area (Å²) in [4.78, 5) is 0. The Kier molecular flexibility index (Phi) is 6.25. The molecular weight excluding hydrogens is 438 g/mol. The molecule has 0 radical (unpaired) electrons. The van der Waals surface area contributed by atoms with Crippen LogP contribution in [0.1, 0.15) is 36.8 Å². The molecule has 0 aliphatic heterocycles. The van der Waals surface area contributed by atoms with Crippen LogP contribution in [0.15, 0.2) is 55.1 Å². The Hall–Kier alpha value is -3.20. The van der Waals surface area contributed by atoms with Crippen LogP contribution in [0, 0.1) is 41.1 Å². The van der Waals surface area contributed by atoms with Gasteiger partial charge in [0, 0.05) is 22.4 Å². The highest BCUT2D eigenvalue weighted by atomic mass is 19.4. The van der Waals surface area contributed by atoms with Gasteiger partial charge in [0.25, 0.3) is 0 Å². The van der Waals surface area contributed by atoms with Crippen LogP contribution in [0.25, 0.3) is 21.9 Å². The molecule has 0 saturated heterocycles. The molecule has 1 aliphatic rings. The Morgan fingerprint density at radius 1 is 0.879 bits per heavy atom. The largest absolute Gasteiger partial charge is 0.422 e. The van der Waals surface area contributed by atoms with Gasteiger partial charge in [0.15, 0.2) is 0 Å². The zero-order valence-corrected chi connectivity index (χ0v) is 17.6. The highest BCUT2D eigenvalue weighted by Gasteiger charge is 2.38. The highest BCUT2D eigenvalue weighted by Crippen LogP contribution is 2.38. The molecule has 3 aromatic rings.